The van der Waals surface area contributed by atoms with Crippen molar-refractivity contribution in [2.75, 3.05) is 24.6 Å². The molecular weight excluding hydrogens is 415 g/mol. The summed E-state index contributed by atoms with van der Waals surface area (Å²) in [5.74, 6) is 1.90. The van der Waals surface area contributed by atoms with Crippen LogP contribution in [0.3, 0.4) is 0 Å². The van der Waals surface area contributed by atoms with Crippen LogP contribution in [-0.4, -0.2) is 59.9 Å². The number of rotatable bonds is 4. The van der Waals surface area contributed by atoms with Crippen molar-refractivity contribution in [3.8, 4) is 0 Å². The molecule has 0 aromatic carbocycles. The Hall–Kier alpha value is -1.35. The lowest BCUT2D eigenvalue weighted by molar-refractivity contribution is -0.0689. The van der Waals surface area contributed by atoms with E-state index in [9.17, 15) is 21.6 Å². The van der Waals surface area contributed by atoms with Crippen LogP contribution in [0.25, 0.3) is 5.57 Å². The summed E-state index contributed by atoms with van der Waals surface area (Å²) in [4.78, 5) is 2.47. The summed E-state index contributed by atoms with van der Waals surface area (Å²) in [6.45, 7) is 8.93. The van der Waals surface area contributed by atoms with Gasteiger partial charge in [0.05, 0.1) is 22.8 Å². The molecule has 0 radical (unpaired) electrons. The van der Waals surface area contributed by atoms with E-state index in [0.717, 1.165) is 38.0 Å². The Kier molecular flexibility index (Phi) is 4.34. The summed E-state index contributed by atoms with van der Waals surface area (Å²) in [5, 5.41) is 4.24. The highest BCUT2D eigenvalue weighted by Gasteiger charge is 2.61. The normalized spacial score (nSPS) is 34.3. The maximum Gasteiger partial charge on any atom is 0.417 e. The molecule has 1 aromatic heterocycles. The van der Waals surface area contributed by atoms with E-state index in [2.05, 4.69) is 16.6 Å². The van der Waals surface area contributed by atoms with E-state index in [4.69, 9.17) is 0 Å². The van der Waals surface area contributed by atoms with Crippen LogP contribution in [0.2, 0.25) is 0 Å². The predicted molar refractivity (Wildman–Crippen MR) is 108 cm³/mol. The van der Waals surface area contributed by atoms with Crippen molar-refractivity contribution in [2.45, 2.75) is 57.3 Å². The largest absolute Gasteiger partial charge is 0.417 e. The first-order chi connectivity index (χ1) is 13.9. The van der Waals surface area contributed by atoms with Gasteiger partial charge in [-0.3, -0.25) is 9.58 Å². The van der Waals surface area contributed by atoms with Gasteiger partial charge in [-0.15, -0.1) is 0 Å². The second-order valence-corrected chi connectivity index (χ2v) is 12.3. The van der Waals surface area contributed by atoms with E-state index < -0.39 is 21.6 Å². The third-order valence-corrected chi connectivity index (χ3v) is 9.81. The van der Waals surface area contributed by atoms with E-state index in [0.29, 0.717) is 29.4 Å². The Labute approximate surface area is 175 Å². The summed E-state index contributed by atoms with van der Waals surface area (Å²) in [7, 11) is -2.82. The minimum Gasteiger partial charge on any atom is -0.300 e. The molecule has 1 spiro atoms. The number of halogens is 3. The summed E-state index contributed by atoms with van der Waals surface area (Å²) < 4.78 is 64.3. The van der Waals surface area contributed by atoms with Crippen LogP contribution in [0, 0.1) is 17.3 Å². The minimum atomic E-state index is -4.47. The topological polar surface area (TPSA) is 55.2 Å². The summed E-state index contributed by atoms with van der Waals surface area (Å²) in [5.41, 5.74) is -0.0689. The molecule has 5 rings (SSSR count). The molecule has 2 aliphatic carbocycles. The molecule has 2 aliphatic heterocycles. The maximum absolute atomic E-state index is 13.1. The van der Waals surface area contributed by atoms with Crippen LogP contribution >= 0.6 is 0 Å². The predicted octanol–water partition coefficient (Wildman–Crippen LogP) is 3.65. The summed E-state index contributed by atoms with van der Waals surface area (Å²) in [6, 6.07) is 2.06. The molecule has 0 bridgehead atoms. The van der Waals surface area contributed by atoms with E-state index in [1.54, 1.807) is 10.7 Å². The van der Waals surface area contributed by atoms with Gasteiger partial charge in [0.25, 0.3) is 0 Å². The van der Waals surface area contributed by atoms with E-state index >= 15 is 0 Å². The zero-order valence-electron chi connectivity index (χ0n) is 17.3. The van der Waals surface area contributed by atoms with Gasteiger partial charge in [-0.05, 0) is 57.6 Å². The lowest BCUT2D eigenvalue weighted by Gasteiger charge is -2.38. The van der Waals surface area contributed by atoms with Gasteiger partial charge >= 0.3 is 6.18 Å². The monoisotopic (exact) mass is 443 g/mol. The highest BCUT2D eigenvalue weighted by atomic mass is 32.2. The average Bonchev–Trinajstić information content (AvgIpc) is 3.07. The molecule has 4 fully saturated rings. The van der Waals surface area contributed by atoms with Crippen LogP contribution in [0.1, 0.15) is 56.5 Å². The van der Waals surface area contributed by atoms with Crippen molar-refractivity contribution in [2.24, 2.45) is 17.3 Å². The van der Waals surface area contributed by atoms with Crippen LogP contribution in [-0.2, 0) is 9.84 Å². The van der Waals surface area contributed by atoms with Gasteiger partial charge in [0.2, 0.25) is 0 Å². The molecule has 30 heavy (non-hydrogen) atoms. The minimum absolute atomic E-state index is 0.00841. The Morgan fingerprint density at radius 1 is 1.27 bits per heavy atom. The molecule has 4 atom stereocenters. The number of aromatic nitrogens is 2. The van der Waals surface area contributed by atoms with Gasteiger partial charge < -0.3 is 0 Å². The average molecular weight is 444 g/mol. The molecule has 2 unspecified atom stereocenters. The van der Waals surface area contributed by atoms with Crippen molar-refractivity contribution in [3.05, 3.63) is 24.0 Å². The third-order valence-electron chi connectivity index (χ3n) is 7.70. The fourth-order valence-corrected chi connectivity index (χ4v) is 8.57. The quantitative estimate of drug-likeness (QED) is 0.713. The molecule has 0 N–H and O–H groups in total. The Balaban J connectivity index is 1.27. The Morgan fingerprint density at radius 3 is 2.43 bits per heavy atom. The molecule has 1 aromatic rings. The second kappa shape index (κ2) is 6.34. The van der Waals surface area contributed by atoms with Crippen molar-refractivity contribution >= 4 is 15.4 Å². The van der Waals surface area contributed by atoms with Crippen LogP contribution in [0.4, 0.5) is 13.2 Å². The highest BCUT2D eigenvalue weighted by Crippen LogP contribution is 2.64. The molecular formula is C21H28F3N3O2S. The fraction of sp³-hybridized carbons (Fsp3) is 0.762. The van der Waals surface area contributed by atoms with Gasteiger partial charge in [0.15, 0.2) is 9.84 Å². The molecule has 166 valence electrons. The van der Waals surface area contributed by atoms with Crippen LogP contribution in [0.5, 0.6) is 0 Å². The number of alkyl halides is 3. The summed E-state index contributed by atoms with van der Waals surface area (Å²) >= 11 is 0. The lowest BCUT2D eigenvalue weighted by Crippen LogP contribution is -2.50. The first-order valence-electron chi connectivity index (χ1n) is 10.7. The molecule has 2 saturated carbocycles. The van der Waals surface area contributed by atoms with Crippen LogP contribution in [0.15, 0.2) is 12.6 Å². The first kappa shape index (κ1) is 20.5. The number of allylic oxidation sites excluding steroid dienone is 1. The second-order valence-electron chi connectivity index (χ2n) is 10.2. The van der Waals surface area contributed by atoms with Gasteiger partial charge in [0.1, 0.15) is 0 Å². The number of fused-ring (bicyclic) bond motifs is 1. The molecule has 3 heterocycles. The number of nitrogens with zero attached hydrogens (tertiary/aromatic N) is 3. The number of sulfone groups is 1. The molecule has 2 saturated heterocycles. The zero-order valence-corrected chi connectivity index (χ0v) is 18.1. The van der Waals surface area contributed by atoms with Gasteiger partial charge in [-0.1, -0.05) is 6.58 Å². The number of likely N-dealkylation sites (tertiary alicyclic amines) is 1. The maximum atomic E-state index is 13.1. The lowest BCUT2D eigenvalue weighted by atomic mass is 9.91. The van der Waals surface area contributed by atoms with Crippen molar-refractivity contribution in [1.29, 1.82) is 0 Å². The zero-order chi connectivity index (χ0) is 21.6. The fourth-order valence-electron chi connectivity index (χ4n) is 6.32. The van der Waals surface area contributed by atoms with Crippen LogP contribution < -0.4 is 0 Å². The van der Waals surface area contributed by atoms with Gasteiger partial charge in [-0.2, -0.15) is 18.3 Å². The smallest absolute Gasteiger partial charge is 0.300 e. The van der Waals surface area contributed by atoms with Gasteiger partial charge in [0, 0.05) is 35.7 Å². The number of hydrogen-bond donors (Lipinski definition) is 0. The number of hydrogen-bond acceptors (Lipinski definition) is 4. The van der Waals surface area contributed by atoms with Gasteiger partial charge in [-0.25, -0.2) is 8.42 Å². The molecule has 0 amide bonds. The SMILES string of the molecule is C=C(c1cc(C2[C@H]3CC(N4CCC5(C4)CS(=O)(=O)C5)C[C@@H]23)n(C(C)C)n1)C(F)(F)F. The van der Waals surface area contributed by atoms with E-state index in [-0.39, 0.29) is 23.1 Å². The van der Waals surface area contributed by atoms with E-state index in [1.807, 2.05) is 13.8 Å². The van der Waals surface area contributed by atoms with Crippen molar-refractivity contribution in [3.63, 3.8) is 0 Å². The third kappa shape index (κ3) is 3.23. The van der Waals surface area contributed by atoms with Crippen molar-refractivity contribution in [1.82, 2.24) is 14.7 Å². The molecule has 4 aliphatic rings. The molecule has 9 heteroatoms. The first-order valence-corrected chi connectivity index (χ1v) is 12.5. The standard InChI is InChI=1S/C21H28F3N3O2S/c1-12(2)27-18(8-17(25-27)13(3)21(22,23)24)19-15-6-14(7-16(15)19)26-5-4-20(9-26)10-30(28,29)11-20/h8,12,14-16,19H,3-7,9-11H2,1-2H3/t14?,15-,16+,19?. The highest BCUT2D eigenvalue weighted by molar-refractivity contribution is 7.92. The summed E-state index contributed by atoms with van der Waals surface area (Å²) in [6.07, 6.45) is -1.43. The van der Waals surface area contributed by atoms with Crippen molar-refractivity contribution < 1.29 is 21.6 Å². The Bertz CT molecular complexity index is 974. The molecule has 5 nitrogen and oxygen atoms in total. The Morgan fingerprint density at radius 2 is 1.90 bits per heavy atom. The van der Waals surface area contributed by atoms with E-state index in [1.165, 1.54) is 0 Å².